The standard InChI is InChI=1S/C75H139NO8/c1-6-8-10-12-14-16-18-20-22-24-26-28-30-31-32-33-34-35-36-37-38-39-40-41-42-44-45-47-49-51-53-55-57-59-61-63-65-72(77)82-69-71(70-83-75(74(79)80)81-68-67-76(3,4)5)84-73(78)66-64-62-60-58-56-54-52-50-48-46-43-29-27-25-23-21-19-17-15-13-11-9-7-2/h9,11,15,17,21,23,27,29,71,75H,6-8,10,12-14,16,18-20,22,24-26,28,30-70H2,1-5H3/b11-9-,17-15-,23-21-,29-27-. The molecule has 9 nitrogen and oxygen atoms in total. The van der Waals surface area contributed by atoms with Crippen LogP contribution in [0.15, 0.2) is 48.6 Å². The SMILES string of the molecule is CC/C=C\C/C=C\C/C=C\C/C=C\CCCCCCCCCCCCC(=O)OC(COC(=O)CCCCCCCCCCCCCCCCCCCCCCCCCCCCCCCCCCCCCC)COC(OCC[N+](C)(C)C)C(=O)[O-]. The van der Waals surface area contributed by atoms with E-state index in [0.717, 1.165) is 70.6 Å². The van der Waals surface area contributed by atoms with Crippen molar-refractivity contribution in [3.8, 4) is 0 Å². The number of carbonyl (C=O) groups is 3. The van der Waals surface area contributed by atoms with Crippen LogP contribution >= 0.6 is 0 Å². The molecule has 2 unspecified atom stereocenters. The van der Waals surface area contributed by atoms with Crippen LogP contribution in [-0.2, 0) is 33.3 Å². The van der Waals surface area contributed by atoms with Gasteiger partial charge >= 0.3 is 11.9 Å². The van der Waals surface area contributed by atoms with Gasteiger partial charge in [-0.1, -0.05) is 339 Å². The molecule has 84 heavy (non-hydrogen) atoms. The quantitative estimate of drug-likeness (QED) is 0.0195. The van der Waals surface area contributed by atoms with E-state index in [9.17, 15) is 19.5 Å². The average Bonchev–Trinajstić information content (AvgIpc) is 3.51. The van der Waals surface area contributed by atoms with Crippen LogP contribution in [0, 0.1) is 0 Å². The number of carbonyl (C=O) groups excluding carboxylic acids is 3. The zero-order chi connectivity index (χ0) is 61.2. The van der Waals surface area contributed by atoms with Crippen molar-refractivity contribution in [1.82, 2.24) is 0 Å². The van der Waals surface area contributed by atoms with Crippen molar-refractivity contribution in [3.63, 3.8) is 0 Å². The number of nitrogens with zero attached hydrogens (tertiary/aromatic N) is 1. The van der Waals surface area contributed by atoms with Gasteiger partial charge in [0.15, 0.2) is 12.4 Å². The second-order valence-electron chi connectivity index (χ2n) is 25.9. The largest absolute Gasteiger partial charge is 0.545 e. The second-order valence-corrected chi connectivity index (χ2v) is 25.9. The summed E-state index contributed by atoms with van der Waals surface area (Å²) in [5.41, 5.74) is 0. The summed E-state index contributed by atoms with van der Waals surface area (Å²) in [5, 5.41) is 11.8. The third-order valence-electron chi connectivity index (χ3n) is 16.3. The molecule has 0 aromatic rings. The molecule has 9 heteroatoms. The molecule has 0 N–H and O–H groups in total. The van der Waals surface area contributed by atoms with E-state index in [4.69, 9.17) is 18.9 Å². The number of carboxylic acid groups (broad SMARTS) is 1. The van der Waals surface area contributed by atoms with Crippen LogP contribution in [0.25, 0.3) is 0 Å². The monoisotopic (exact) mass is 1180 g/mol. The van der Waals surface area contributed by atoms with Crippen LogP contribution in [0.1, 0.15) is 354 Å². The highest BCUT2D eigenvalue weighted by Gasteiger charge is 2.22. The van der Waals surface area contributed by atoms with Crippen LogP contribution in [0.3, 0.4) is 0 Å². The summed E-state index contributed by atoms with van der Waals surface area (Å²) >= 11 is 0. The first kappa shape index (κ1) is 81.2. The molecule has 0 fully saturated rings. The van der Waals surface area contributed by atoms with Gasteiger partial charge in [-0.15, -0.1) is 0 Å². The van der Waals surface area contributed by atoms with E-state index in [-0.39, 0.29) is 32.2 Å². The highest BCUT2D eigenvalue weighted by molar-refractivity contribution is 5.70. The van der Waals surface area contributed by atoms with E-state index in [0.29, 0.717) is 23.9 Å². The molecule has 0 heterocycles. The fourth-order valence-electron chi connectivity index (χ4n) is 10.8. The topological polar surface area (TPSA) is 111 Å². The maximum Gasteiger partial charge on any atom is 0.306 e. The Kier molecular flexibility index (Phi) is 64.0. The maximum absolute atomic E-state index is 12.9. The lowest BCUT2D eigenvalue weighted by atomic mass is 10.0. The van der Waals surface area contributed by atoms with E-state index in [1.54, 1.807) is 0 Å². The fourth-order valence-corrected chi connectivity index (χ4v) is 10.8. The van der Waals surface area contributed by atoms with Crippen molar-refractivity contribution < 1.29 is 42.9 Å². The van der Waals surface area contributed by atoms with Gasteiger partial charge < -0.3 is 33.3 Å². The molecule has 0 aromatic heterocycles. The molecule has 0 radical (unpaired) electrons. The summed E-state index contributed by atoms with van der Waals surface area (Å²) in [6, 6.07) is 0. The number of hydrogen-bond donors (Lipinski definition) is 0. The normalized spacial score (nSPS) is 12.9. The van der Waals surface area contributed by atoms with Crippen LogP contribution in [-0.4, -0.2) is 82.3 Å². The van der Waals surface area contributed by atoms with E-state index in [2.05, 4.69) is 62.5 Å². The number of quaternary nitrogens is 1. The smallest absolute Gasteiger partial charge is 0.306 e. The first-order valence-electron chi connectivity index (χ1n) is 36.3. The third-order valence-corrected chi connectivity index (χ3v) is 16.3. The van der Waals surface area contributed by atoms with Crippen molar-refractivity contribution >= 4 is 17.9 Å². The van der Waals surface area contributed by atoms with Crippen LogP contribution in [0.4, 0.5) is 0 Å². The summed E-state index contributed by atoms with van der Waals surface area (Å²) in [6.07, 6.45) is 82.2. The summed E-state index contributed by atoms with van der Waals surface area (Å²) in [4.78, 5) is 37.5. The van der Waals surface area contributed by atoms with E-state index in [1.807, 2.05) is 21.1 Å². The average molecular weight is 1180 g/mol. The van der Waals surface area contributed by atoms with Crippen molar-refractivity contribution in [2.45, 2.75) is 367 Å². The number of carboxylic acids is 1. The highest BCUT2D eigenvalue weighted by Crippen LogP contribution is 2.19. The minimum absolute atomic E-state index is 0.147. The van der Waals surface area contributed by atoms with E-state index >= 15 is 0 Å². The van der Waals surface area contributed by atoms with E-state index in [1.165, 1.54) is 250 Å². The Morgan fingerprint density at radius 3 is 1.01 bits per heavy atom. The molecule has 0 saturated heterocycles. The van der Waals surface area contributed by atoms with Gasteiger partial charge in [0.1, 0.15) is 13.2 Å². The Morgan fingerprint density at radius 1 is 0.369 bits per heavy atom. The molecule has 0 spiro atoms. The Balaban J connectivity index is 3.99. The van der Waals surface area contributed by atoms with Gasteiger partial charge in [-0.05, 0) is 51.4 Å². The Morgan fingerprint density at radius 2 is 0.679 bits per heavy atom. The molecule has 492 valence electrons. The Hall–Kier alpha value is -2.75. The lowest BCUT2D eigenvalue weighted by molar-refractivity contribution is -0.870. The van der Waals surface area contributed by atoms with Gasteiger partial charge in [-0.25, -0.2) is 0 Å². The molecule has 0 rings (SSSR count). The number of esters is 2. The molecule has 0 aliphatic heterocycles. The van der Waals surface area contributed by atoms with Crippen LogP contribution in [0.2, 0.25) is 0 Å². The van der Waals surface area contributed by atoms with Crippen molar-refractivity contribution in [1.29, 1.82) is 0 Å². The predicted molar refractivity (Wildman–Crippen MR) is 357 cm³/mol. The summed E-state index contributed by atoms with van der Waals surface area (Å²) in [6.45, 7) is 4.69. The first-order valence-corrected chi connectivity index (χ1v) is 36.3. The second kappa shape index (κ2) is 66.2. The van der Waals surface area contributed by atoms with Gasteiger partial charge in [0.25, 0.3) is 0 Å². The van der Waals surface area contributed by atoms with Gasteiger partial charge in [0.2, 0.25) is 0 Å². The lowest BCUT2D eigenvalue weighted by Gasteiger charge is -2.26. The van der Waals surface area contributed by atoms with Crippen LogP contribution in [0.5, 0.6) is 0 Å². The van der Waals surface area contributed by atoms with Gasteiger partial charge in [0.05, 0.1) is 40.3 Å². The molecular weight excluding hydrogens is 1040 g/mol. The van der Waals surface area contributed by atoms with E-state index < -0.39 is 24.3 Å². The number of ether oxygens (including phenoxy) is 4. The van der Waals surface area contributed by atoms with Crippen molar-refractivity contribution in [2.24, 2.45) is 0 Å². The summed E-state index contributed by atoms with van der Waals surface area (Å²) in [5.74, 6) is -2.27. The summed E-state index contributed by atoms with van der Waals surface area (Å²) < 4.78 is 22.8. The van der Waals surface area contributed by atoms with Gasteiger partial charge in [0, 0.05) is 12.8 Å². The first-order chi connectivity index (χ1) is 41.1. The van der Waals surface area contributed by atoms with Crippen molar-refractivity contribution in [2.75, 3.05) is 47.5 Å². The maximum atomic E-state index is 12.9. The zero-order valence-corrected chi connectivity index (χ0v) is 56.3. The fraction of sp³-hybridized carbons (Fsp3) is 0.853. The van der Waals surface area contributed by atoms with Crippen LogP contribution < -0.4 is 5.11 Å². The molecule has 0 bridgehead atoms. The minimum atomic E-state index is -1.62. The molecule has 0 amide bonds. The number of aliphatic carboxylic acids is 1. The Bertz CT molecular complexity index is 1520. The van der Waals surface area contributed by atoms with Crippen molar-refractivity contribution in [3.05, 3.63) is 48.6 Å². The molecule has 2 atom stereocenters. The molecular formula is C75H139NO8. The highest BCUT2D eigenvalue weighted by atomic mass is 16.7. The number of hydrogen-bond acceptors (Lipinski definition) is 8. The number of likely N-dealkylation sites (N-methyl/N-ethyl adjacent to an activating group) is 1. The number of unbranched alkanes of at least 4 members (excludes halogenated alkanes) is 45. The lowest BCUT2D eigenvalue weighted by Crippen LogP contribution is -2.44. The molecule has 0 aromatic carbocycles. The molecule has 0 saturated carbocycles. The third kappa shape index (κ3) is 66.8. The zero-order valence-electron chi connectivity index (χ0n) is 56.3. The van der Waals surface area contributed by atoms with Gasteiger partial charge in [-0.2, -0.15) is 0 Å². The molecule has 0 aliphatic rings. The van der Waals surface area contributed by atoms with Gasteiger partial charge in [-0.3, -0.25) is 9.59 Å². The predicted octanol–water partition coefficient (Wildman–Crippen LogP) is 21.2. The number of allylic oxidation sites excluding steroid dienone is 8. The molecule has 0 aliphatic carbocycles. The number of rotatable bonds is 68. The summed E-state index contributed by atoms with van der Waals surface area (Å²) in [7, 11) is 5.94. The minimum Gasteiger partial charge on any atom is -0.545 e. The Labute approximate surface area is 521 Å².